The van der Waals surface area contributed by atoms with E-state index in [1.165, 1.54) is 0 Å². The SMILES string of the molecule is C=CCNCC(=O)N1CC(O)C1. The minimum absolute atomic E-state index is 0.0437. The quantitative estimate of drug-likeness (QED) is 0.419. The summed E-state index contributed by atoms with van der Waals surface area (Å²) in [6.45, 7) is 5.46. The summed E-state index contributed by atoms with van der Waals surface area (Å²) in [5.41, 5.74) is 0. The zero-order valence-electron chi connectivity index (χ0n) is 6.99. The predicted molar refractivity (Wildman–Crippen MR) is 45.7 cm³/mol. The fourth-order valence-electron chi connectivity index (χ4n) is 1.05. The van der Waals surface area contributed by atoms with Crippen molar-refractivity contribution in [2.24, 2.45) is 0 Å². The number of likely N-dealkylation sites (tertiary alicyclic amines) is 1. The smallest absolute Gasteiger partial charge is 0.236 e. The first-order valence-corrected chi connectivity index (χ1v) is 4.01. The Hall–Kier alpha value is -0.870. The van der Waals surface area contributed by atoms with Gasteiger partial charge in [-0.15, -0.1) is 6.58 Å². The highest BCUT2D eigenvalue weighted by Gasteiger charge is 2.27. The average molecular weight is 170 g/mol. The van der Waals surface area contributed by atoms with E-state index in [2.05, 4.69) is 11.9 Å². The lowest BCUT2D eigenvalue weighted by Crippen LogP contribution is -2.55. The van der Waals surface area contributed by atoms with E-state index in [1.807, 2.05) is 0 Å². The van der Waals surface area contributed by atoms with E-state index in [0.717, 1.165) is 0 Å². The minimum atomic E-state index is -0.312. The van der Waals surface area contributed by atoms with Crippen molar-refractivity contribution < 1.29 is 9.90 Å². The molecule has 0 saturated carbocycles. The maximum Gasteiger partial charge on any atom is 0.236 e. The van der Waals surface area contributed by atoms with Gasteiger partial charge in [0.05, 0.1) is 12.6 Å². The number of β-amino-alcohol motifs (C(OH)–C–C–N with tert-alkyl or cyclic N) is 1. The number of carbonyl (C=O) groups excluding carboxylic acids is 1. The topological polar surface area (TPSA) is 52.6 Å². The van der Waals surface area contributed by atoms with Gasteiger partial charge in [-0.1, -0.05) is 6.08 Å². The molecule has 1 amide bonds. The van der Waals surface area contributed by atoms with E-state index in [1.54, 1.807) is 11.0 Å². The van der Waals surface area contributed by atoms with Crippen LogP contribution in [0.5, 0.6) is 0 Å². The van der Waals surface area contributed by atoms with Gasteiger partial charge in [0.25, 0.3) is 0 Å². The van der Waals surface area contributed by atoms with E-state index < -0.39 is 0 Å². The number of rotatable bonds is 4. The van der Waals surface area contributed by atoms with Crippen LogP contribution < -0.4 is 5.32 Å². The van der Waals surface area contributed by atoms with Gasteiger partial charge in [-0.3, -0.25) is 4.79 Å². The molecule has 1 aliphatic heterocycles. The number of aliphatic hydroxyl groups excluding tert-OH is 1. The average Bonchev–Trinajstić information content (AvgIpc) is 1.99. The molecule has 1 heterocycles. The summed E-state index contributed by atoms with van der Waals surface area (Å²) in [6, 6.07) is 0. The first-order valence-electron chi connectivity index (χ1n) is 4.01. The molecule has 0 aromatic carbocycles. The van der Waals surface area contributed by atoms with Gasteiger partial charge in [-0.05, 0) is 0 Å². The van der Waals surface area contributed by atoms with Gasteiger partial charge in [0.2, 0.25) is 5.91 Å². The second kappa shape index (κ2) is 4.23. The van der Waals surface area contributed by atoms with E-state index in [-0.39, 0.29) is 12.0 Å². The second-order valence-electron chi connectivity index (χ2n) is 2.87. The standard InChI is InChI=1S/C8H14N2O2/c1-2-3-9-4-8(12)10-5-7(11)6-10/h2,7,9,11H,1,3-6H2. The monoisotopic (exact) mass is 170 g/mol. The van der Waals surface area contributed by atoms with Gasteiger partial charge in [-0.2, -0.15) is 0 Å². The number of carbonyl (C=O) groups is 1. The Kier molecular flexibility index (Phi) is 3.25. The normalized spacial score (nSPS) is 17.2. The van der Waals surface area contributed by atoms with Crippen LogP contribution in [0.2, 0.25) is 0 Å². The highest BCUT2D eigenvalue weighted by Crippen LogP contribution is 2.06. The fraction of sp³-hybridized carbons (Fsp3) is 0.625. The van der Waals surface area contributed by atoms with Crippen LogP contribution in [-0.2, 0) is 4.79 Å². The summed E-state index contributed by atoms with van der Waals surface area (Å²) < 4.78 is 0. The third-order valence-corrected chi connectivity index (χ3v) is 1.78. The van der Waals surface area contributed by atoms with E-state index in [0.29, 0.717) is 26.2 Å². The summed E-state index contributed by atoms with van der Waals surface area (Å²) >= 11 is 0. The second-order valence-corrected chi connectivity index (χ2v) is 2.87. The Balaban J connectivity index is 2.08. The molecule has 68 valence electrons. The number of hydrogen-bond donors (Lipinski definition) is 2. The van der Waals surface area contributed by atoms with Gasteiger partial charge in [0.1, 0.15) is 0 Å². The molecule has 4 nitrogen and oxygen atoms in total. The summed E-state index contributed by atoms with van der Waals surface area (Å²) in [5.74, 6) is 0.0437. The summed E-state index contributed by atoms with van der Waals surface area (Å²) in [4.78, 5) is 12.8. The van der Waals surface area contributed by atoms with Gasteiger partial charge in [-0.25, -0.2) is 0 Å². The molecule has 0 bridgehead atoms. The molecule has 1 fully saturated rings. The van der Waals surface area contributed by atoms with Crippen molar-refractivity contribution in [3.63, 3.8) is 0 Å². The minimum Gasteiger partial charge on any atom is -0.389 e. The van der Waals surface area contributed by atoms with Gasteiger partial charge in [0.15, 0.2) is 0 Å². The van der Waals surface area contributed by atoms with Crippen LogP contribution in [0.3, 0.4) is 0 Å². The molecule has 0 spiro atoms. The van der Waals surface area contributed by atoms with Crippen LogP contribution in [0.15, 0.2) is 12.7 Å². The van der Waals surface area contributed by atoms with Crippen molar-refractivity contribution in [3.05, 3.63) is 12.7 Å². The van der Waals surface area contributed by atoms with Crippen LogP contribution in [0, 0.1) is 0 Å². The van der Waals surface area contributed by atoms with Gasteiger partial charge in [0, 0.05) is 19.6 Å². The Morgan fingerprint density at radius 3 is 2.92 bits per heavy atom. The van der Waals surface area contributed by atoms with E-state index in [9.17, 15) is 4.79 Å². The lowest BCUT2D eigenvalue weighted by atomic mass is 10.2. The summed E-state index contributed by atoms with van der Waals surface area (Å²) in [6.07, 6.45) is 1.39. The van der Waals surface area contributed by atoms with Gasteiger partial charge < -0.3 is 15.3 Å². The Labute approximate surface area is 71.9 Å². The van der Waals surface area contributed by atoms with Crippen molar-refractivity contribution in [1.29, 1.82) is 0 Å². The molecule has 0 radical (unpaired) electrons. The Bertz CT molecular complexity index is 176. The third kappa shape index (κ3) is 2.32. The predicted octanol–water partition coefficient (Wildman–Crippen LogP) is -1.03. The Morgan fingerprint density at radius 1 is 1.75 bits per heavy atom. The van der Waals surface area contributed by atoms with Crippen LogP contribution >= 0.6 is 0 Å². The molecular formula is C8H14N2O2. The van der Waals surface area contributed by atoms with Crippen LogP contribution in [0.1, 0.15) is 0 Å². The zero-order valence-corrected chi connectivity index (χ0v) is 6.99. The number of nitrogens with one attached hydrogen (secondary N) is 1. The van der Waals surface area contributed by atoms with Crippen molar-refractivity contribution in [3.8, 4) is 0 Å². The van der Waals surface area contributed by atoms with Crippen molar-refractivity contribution in [1.82, 2.24) is 10.2 Å². The number of aliphatic hydroxyl groups is 1. The van der Waals surface area contributed by atoms with Gasteiger partial charge >= 0.3 is 0 Å². The number of nitrogens with zero attached hydrogens (tertiary/aromatic N) is 1. The molecule has 4 heteroatoms. The molecule has 0 aliphatic carbocycles. The molecule has 12 heavy (non-hydrogen) atoms. The molecule has 0 aromatic rings. The largest absolute Gasteiger partial charge is 0.389 e. The maximum absolute atomic E-state index is 11.2. The van der Waals surface area contributed by atoms with Crippen LogP contribution in [0.4, 0.5) is 0 Å². The van der Waals surface area contributed by atoms with E-state index >= 15 is 0 Å². The highest BCUT2D eigenvalue weighted by molar-refractivity contribution is 5.79. The fourth-order valence-corrected chi connectivity index (χ4v) is 1.05. The molecule has 1 aliphatic rings. The molecule has 1 saturated heterocycles. The van der Waals surface area contributed by atoms with Crippen LogP contribution in [-0.4, -0.2) is 48.2 Å². The Morgan fingerprint density at radius 2 is 2.42 bits per heavy atom. The molecule has 0 aromatic heterocycles. The highest BCUT2D eigenvalue weighted by atomic mass is 16.3. The molecule has 1 rings (SSSR count). The molecule has 2 N–H and O–H groups in total. The number of amides is 1. The van der Waals surface area contributed by atoms with Crippen molar-refractivity contribution in [2.45, 2.75) is 6.10 Å². The maximum atomic E-state index is 11.2. The zero-order chi connectivity index (χ0) is 8.97. The van der Waals surface area contributed by atoms with Crippen molar-refractivity contribution in [2.75, 3.05) is 26.2 Å². The first kappa shape index (κ1) is 9.22. The lowest BCUT2D eigenvalue weighted by Gasteiger charge is -2.35. The third-order valence-electron chi connectivity index (χ3n) is 1.78. The van der Waals surface area contributed by atoms with Crippen molar-refractivity contribution >= 4 is 5.91 Å². The van der Waals surface area contributed by atoms with Crippen LogP contribution in [0.25, 0.3) is 0 Å². The van der Waals surface area contributed by atoms with E-state index in [4.69, 9.17) is 5.11 Å². The number of hydrogen-bond acceptors (Lipinski definition) is 3. The summed E-state index contributed by atoms with van der Waals surface area (Å²) in [5, 5.41) is 11.8. The lowest BCUT2D eigenvalue weighted by molar-refractivity contribution is -0.140. The molecule has 0 unspecified atom stereocenters. The molecular weight excluding hydrogens is 156 g/mol. The molecule has 0 atom stereocenters. The first-order chi connectivity index (χ1) is 5.74. The summed E-state index contributed by atoms with van der Waals surface area (Å²) in [7, 11) is 0.